The summed E-state index contributed by atoms with van der Waals surface area (Å²) in [6.45, 7) is 0. The van der Waals surface area contributed by atoms with E-state index in [2.05, 4.69) is 15.0 Å². The van der Waals surface area contributed by atoms with Gasteiger partial charge in [0.05, 0.1) is 5.39 Å². The number of hydrogen-bond donors (Lipinski definition) is 1. The summed E-state index contributed by atoms with van der Waals surface area (Å²) in [5.74, 6) is -0.633. The van der Waals surface area contributed by atoms with Crippen LogP contribution in [0.5, 0.6) is 0 Å². The number of aromatic amines is 1. The second-order valence-electron chi connectivity index (χ2n) is 5.40. The number of hydrogen-bond acceptors (Lipinski definition) is 4. The number of aromatic nitrogens is 3. The normalized spacial score (nSPS) is 11.3. The summed E-state index contributed by atoms with van der Waals surface area (Å²) >= 11 is 7.57. The number of H-pyrrole nitrogens is 1. The maximum atomic E-state index is 15.2. The highest BCUT2D eigenvalue weighted by atomic mass is 35.5. The van der Waals surface area contributed by atoms with E-state index in [-0.39, 0.29) is 16.6 Å². The van der Waals surface area contributed by atoms with Gasteiger partial charge in [-0.25, -0.2) is 9.37 Å². The maximum Gasteiger partial charge on any atom is 0.261 e. The van der Waals surface area contributed by atoms with Gasteiger partial charge in [0.2, 0.25) is 0 Å². The van der Waals surface area contributed by atoms with E-state index in [1.165, 1.54) is 18.0 Å². The Balaban J connectivity index is 2.09. The van der Waals surface area contributed by atoms with E-state index < -0.39 is 11.4 Å². The first-order valence-electron chi connectivity index (χ1n) is 7.40. The molecule has 0 aliphatic heterocycles. The Bertz CT molecular complexity index is 1190. The van der Waals surface area contributed by atoms with Gasteiger partial charge in [0.15, 0.2) is 11.0 Å². The van der Waals surface area contributed by atoms with Crippen LogP contribution in [0.2, 0.25) is 5.02 Å². The zero-order valence-corrected chi connectivity index (χ0v) is 14.6. The van der Waals surface area contributed by atoms with Gasteiger partial charge >= 0.3 is 0 Å². The fourth-order valence-electron chi connectivity index (χ4n) is 2.82. The molecular formula is C18H11ClFN3OS. The van der Waals surface area contributed by atoms with Crippen LogP contribution in [0.3, 0.4) is 0 Å². The number of rotatable bonds is 2. The van der Waals surface area contributed by atoms with E-state index in [0.717, 1.165) is 5.39 Å². The van der Waals surface area contributed by atoms with Gasteiger partial charge < -0.3 is 4.98 Å². The monoisotopic (exact) mass is 371 g/mol. The van der Waals surface area contributed by atoms with Crippen LogP contribution in [0.25, 0.3) is 32.9 Å². The Morgan fingerprint density at radius 2 is 1.96 bits per heavy atom. The van der Waals surface area contributed by atoms with E-state index >= 15 is 4.39 Å². The third kappa shape index (κ3) is 2.58. The van der Waals surface area contributed by atoms with E-state index in [1.54, 1.807) is 18.4 Å². The summed E-state index contributed by atoms with van der Waals surface area (Å²) in [4.78, 5) is 23.1. The van der Waals surface area contributed by atoms with E-state index in [1.807, 2.05) is 24.3 Å². The van der Waals surface area contributed by atoms with Crippen LogP contribution in [0, 0.1) is 5.82 Å². The molecule has 2 aromatic carbocycles. The van der Waals surface area contributed by atoms with Crippen LogP contribution in [-0.2, 0) is 0 Å². The lowest BCUT2D eigenvalue weighted by molar-refractivity contribution is 0.633. The highest BCUT2D eigenvalue weighted by molar-refractivity contribution is 7.98. The SMILES string of the molecule is CSc1nc2c(F)c(-c3cccc4cccc(Cl)c34)ncc2c(=O)[nH]1. The molecule has 0 aliphatic rings. The average Bonchev–Trinajstić information content (AvgIpc) is 2.62. The summed E-state index contributed by atoms with van der Waals surface area (Å²) in [6.07, 6.45) is 3.11. The Hall–Kier alpha value is -2.44. The topological polar surface area (TPSA) is 58.6 Å². The van der Waals surface area contributed by atoms with Crippen molar-refractivity contribution in [2.24, 2.45) is 0 Å². The van der Waals surface area contributed by atoms with Crippen molar-refractivity contribution < 1.29 is 4.39 Å². The van der Waals surface area contributed by atoms with Crippen LogP contribution >= 0.6 is 23.4 Å². The molecule has 25 heavy (non-hydrogen) atoms. The lowest BCUT2D eigenvalue weighted by Gasteiger charge is -2.10. The van der Waals surface area contributed by atoms with Crippen molar-refractivity contribution in [1.29, 1.82) is 0 Å². The van der Waals surface area contributed by atoms with Gasteiger partial charge in [-0.3, -0.25) is 9.78 Å². The molecule has 2 aromatic heterocycles. The second kappa shape index (κ2) is 6.13. The van der Waals surface area contributed by atoms with E-state index in [0.29, 0.717) is 21.1 Å². The number of nitrogens with one attached hydrogen (secondary N) is 1. The minimum Gasteiger partial charge on any atom is -0.301 e. The van der Waals surface area contributed by atoms with Crippen molar-refractivity contribution in [3.63, 3.8) is 0 Å². The predicted octanol–water partition coefficient (Wildman–Crippen LogP) is 4.65. The highest BCUT2D eigenvalue weighted by Gasteiger charge is 2.18. The maximum absolute atomic E-state index is 15.2. The lowest BCUT2D eigenvalue weighted by Crippen LogP contribution is -2.11. The van der Waals surface area contributed by atoms with Crippen LogP contribution in [0.4, 0.5) is 4.39 Å². The lowest BCUT2D eigenvalue weighted by atomic mass is 10.0. The number of thioether (sulfide) groups is 1. The van der Waals surface area contributed by atoms with Crippen molar-refractivity contribution >= 4 is 45.0 Å². The molecule has 0 saturated heterocycles. The first-order chi connectivity index (χ1) is 12.1. The molecule has 0 spiro atoms. The summed E-state index contributed by atoms with van der Waals surface area (Å²) in [5, 5.41) is 2.58. The van der Waals surface area contributed by atoms with Crippen molar-refractivity contribution in [1.82, 2.24) is 15.0 Å². The molecule has 0 aliphatic carbocycles. The van der Waals surface area contributed by atoms with Crippen molar-refractivity contribution in [2.45, 2.75) is 5.16 Å². The van der Waals surface area contributed by atoms with Crippen LogP contribution in [-0.4, -0.2) is 21.2 Å². The molecule has 0 radical (unpaired) electrons. The molecule has 4 aromatic rings. The van der Waals surface area contributed by atoms with E-state index in [4.69, 9.17) is 11.6 Å². The number of nitrogens with zero attached hydrogens (tertiary/aromatic N) is 2. The fourth-order valence-corrected chi connectivity index (χ4v) is 3.48. The highest BCUT2D eigenvalue weighted by Crippen LogP contribution is 2.35. The molecule has 0 atom stereocenters. The largest absolute Gasteiger partial charge is 0.301 e. The fraction of sp³-hybridized carbons (Fsp3) is 0.0556. The Labute approximate surface area is 151 Å². The average molecular weight is 372 g/mol. The zero-order chi connectivity index (χ0) is 17.6. The molecule has 0 amide bonds. The molecule has 4 nitrogen and oxygen atoms in total. The van der Waals surface area contributed by atoms with Crippen molar-refractivity contribution in [3.05, 3.63) is 63.8 Å². The number of fused-ring (bicyclic) bond motifs is 2. The first-order valence-corrected chi connectivity index (χ1v) is 9.00. The molecule has 124 valence electrons. The van der Waals surface area contributed by atoms with E-state index in [9.17, 15) is 4.79 Å². The summed E-state index contributed by atoms with van der Waals surface area (Å²) < 4.78 is 15.2. The van der Waals surface area contributed by atoms with Gasteiger partial charge in [-0.05, 0) is 17.7 Å². The Morgan fingerprint density at radius 3 is 2.72 bits per heavy atom. The molecule has 4 rings (SSSR count). The number of halogens is 2. The van der Waals surface area contributed by atoms with Gasteiger partial charge in [0, 0.05) is 22.2 Å². The molecule has 2 heterocycles. The minimum atomic E-state index is -0.633. The first kappa shape index (κ1) is 16.1. The number of benzene rings is 2. The second-order valence-corrected chi connectivity index (χ2v) is 6.60. The molecular weight excluding hydrogens is 361 g/mol. The summed E-state index contributed by atoms with van der Waals surface area (Å²) in [6, 6.07) is 11.0. The van der Waals surface area contributed by atoms with Gasteiger partial charge in [-0.1, -0.05) is 53.7 Å². The molecule has 0 unspecified atom stereocenters. The third-order valence-electron chi connectivity index (χ3n) is 3.97. The van der Waals surface area contributed by atoms with Crippen molar-refractivity contribution in [3.8, 4) is 11.3 Å². The van der Waals surface area contributed by atoms with Crippen LogP contribution in [0.1, 0.15) is 0 Å². The summed E-state index contributed by atoms with van der Waals surface area (Å²) in [7, 11) is 0. The van der Waals surface area contributed by atoms with Gasteiger partial charge in [0.25, 0.3) is 5.56 Å². The zero-order valence-electron chi connectivity index (χ0n) is 13.0. The van der Waals surface area contributed by atoms with Crippen LogP contribution in [0.15, 0.2) is 52.5 Å². The smallest absolute Gasteiger partial charge is 0.261 e. The minimum absolute atomic E-state index is 0.00200. The van der Waals surface area contributed by atoms with Crippen LogP contribution < -0.4 is 5.56 Å². The Kier molecular flexibility index (Phi) is 3.94. The molecule has 7 heteroatoms. The van der Waals surface area contributed by atoms with Gasteiger partial charge in [-0.2, -0.15) is 0 Å². The molecule has 0 saturated carbocycles. The van der Waals surface area contributed by atoms with Crippen molar-refractivity contribution in [2.75, 3.05) is 6.26 Å². The van der Waals surface area contributed by atoms with Gasteiger partial charge in [-0.15, -0.1) is 0 Å². The molecule has 0 bridgehead atoms. The molecule has 1 N–H and O–H groups in total. The predicted molar refractivity (Wildman–Crippen MR) is 99.8 cm³/mol. The number of pyridine rings is 1. The standard InChI is InChI=1S/C18H11ClFN3OS/c1-25-18-22-16-11(17(24)23-18)8-21-15(14(16)20)10-6-2-4-9-5-3-7-12(19)13(9)10/h2-8H,1H3,(H,22,23,24). The quantitative estimate of drug-likeness (QED) is 0.411. The molecule has 0 fully saturated rings. The Morgan fingerprint density at radius 1 is 1.20 bits per heavy atom. The van der Waals surface area contributed by atoms with Gasteiger partial charge in [0.1, 0.15) is 11.2 Å². The third-order valence-corrected chi connectivity index (χ3v) is 4.87. The summed E-state index contributed by atoms with van der Waals surface area (Å²) in [5.41, 5.74) is 0.275.